The molecule has 0 aliphatic carbocycles. The zero-order valence-electron chi connectivity index (χ0n) is 9.02. The molecule has 4 heteroatoms. The maximum atomic E-state index is 10.7. The van der Waals surface area contributed by atoms with E-state index in [-0.39, 0.29) is 5.75 Å². The second kappa shape index (κ2) is 4.06. The number of carbonyl (C=O) groups excluding carboxylic acids is 1. The van der Waals surface area contributed by atoms with Gasteiger partial charge in [0.2, 0.25) is 0 Å². The fourth-order valence-corrected chi connectivity index (χ4v) is 2.36. The van der Waals surface area contributed by atoms with E-state index in [4.69, 9.17) is 0 Å². The van der Waals surface area contributed by atoms with Crippen molar-refractivity contribution in [1.29, 1.82) is 0 Å². The van der Waals surface area contributed by atoms with Gasteiger partial charge in [0.05, 0.1) is 16.8 Å². The van der Waals surface area contributed by atoms with Gasteiger partial charge in [-0.25, -0.2) is 4.98 Å². The number of thiazole rings is 1. The van der Waals surface area contributed by atoms with E-state index in [9.17, 15) is 9.90 Å². The zero-order valence-corrected chi connectivity index (χ0v) is 9.84. The van der Waals surface area contributed by atoms with Gasteiger partial charge in [-0.1, -0.05) is 6.07 Å². The lowest BCUT2D eigenvalue weighted by Crippen LogP contribution is -1.85. The Morgan fingerprint density at radius 2 is 2.12 bits per heavy atom. The van der Waals surface area contributed by atoms with Gasteiger partial charge < -0.3 is 5.11 Å². The summed E-state index contributed by atoms with van der Waals surface area (Å²) in [6.45, 7) is 3.91. The van der Waals surface area contributed by atoms with Crippen molar-refractivity contribution in [2.75, 3.05) is 0 Å². The Balaban J connectivity index is 2.60. The molecule has 0 fully saturated rings. The maximum absolute atomic E-state index is 10.7. The minimum atomic E-state index is 0.00579. The summed E-state index contributed by atoms with van der Waals surface area (Å²) in [5, 5.41) is 10.6. The molecule has 0 amide bonds. The predicted octanol–water partition coefficient (Wildman–Crippen LogP) is 2.95. The molecule has 1 aromatic heterocycles. The molecule has 0 unspecified atom stereocenters. The lowest BCUT2D eigenvalue weighted by molar-refractivity contribution is 0.112. The van der Waals surface area contributed by atoms with E-state index < -0.39 is 0 Å². The van der Waals surface area contributed by atoms with Gasteiger partial charge in [-0.05, 0) is 26.0 Å². The van der Waals surface area contributed by atoms with E-state index in [2.05, 4.69) is 4.98 Å². The number of hydrogen-bond donors (Lipinski definition) is 1. The normalized spacial score (nSPS) is 10.4. The second-order valence-electron chi connectivity index (χ2n) is 3.52. The Morgan fingerprint density at radius 3 is 2.69 bits per heavy atom. The van der Waals surface area contributed by atoms with Crippen molar-refractivity contribution in [2.45, 2.75) is 13.8 Å². The molecular formula is C12H11NO2S. The summed E-state index contributed by atoms with van der Waals surface area (Å²) in [6, 6.07) is 5.09. The van der Waals surface area contributed by atoms with Gasteiger partial charge in [0.15, 0.2) is 6.29 Å². The molecule has 0 aliphatic heterocycles. The van der Waals surface area contributed by atoms with Crippen LogP contribution in [0.2, 0.25) is 0 Å². The third kappa shape index (κ3) is 1.72. The Morgan fingerprint density at radius 1 is 1.38 bits per heavy atom. The molecule has 16 heavy (non-hydrogen) atoms. The number of phenols is 1. The topological polar surface area (TPSA) is 50.2 Å². The summed E-state index contributed by atoms with van der Waals surface area (Å²) in [6.07, 6.45) is 0.645. The number of aryl methyl sites for hydroxylation is 2. The summed E-state index contributed by atoms with van der Waals surface area (Å²) in [5.74, 6) is 0.00579. The molecule has 0 saturated heterocycles. The lowest BCUT2D eigenvalue weighted by atomic mass is 10.1. The molecule has 2 rings (SSSR count). The molecule has 0 bridgehead atoms. The summed E-state index contributed by atoms with van der Waals surface area (Å²) in [4.78, 5) is 16.2. The number of aromatic hydroxyl groups is 1. The molecule has 1 N–H and O–H groups in total. The Labute approximate surface area is 97.4 Å². The smallest absolute Gasteiger partial charge is 0.153 e. The number of carbonyl (C=O) groups is 1. The summed E-state index contributed by atoms with van der Waals surface area (Å²) < 4.78 is 0. The van der Waals surface area contributed by atoms with Crippen molar-refractivity contribution in [3.8, 4) is 16.3 Å². The van der Waals surface area contributed by atoms with Gasteiger partial charge in [0, 0.05) is 4.88 Å². The number of rotatable bonds is 2. The van der Waals surface area contributed by atoms with Crippen LogP contribution in [0.15, 0.2) is 18.2 Å². The standard InChI is InChI=1S/C12H11NO2S/c1-7-8(2)16-12(13-7)10-5-3-4-9(6-14)11(10)15/h3-6,15H,1-2H3. The van der Waals surface area contributed by atoms with Crippen LogP contribution in [0.25, 0.3) is 10.6 Å². The zero-order chi connectivity index (χ0) is 11.7. The van der Waals surface area contributed by atoms with E-state index in [1.54, 1.807) is 18.2 Å². The number of hydrogen-bond acceptors (Lipinski definition) is 4. The third-order valence-electron chi connectivity index (χ3n) is 2.45. The Kier molecular flexibility index (Phi) is 2.75. The van der Waals surface area contributed by atoms with Crippen LogP contribution in [-0.2, 0) is 0 Å². The van der Waals surface area contributed by atoms with Crippen molar-refractivity contribution < 1.29 is 9.90 Å². The molecule has 1 aromatic carbocycles. The number of aromatic nitrogens is 1. The van der Waals surface area contributed by atoms with Gasteiger partial charge in [-0.2, -0.15) is 0 Å². The molecule has 0 radical (unpaired) electrons. The molecule has 0 atom stereocenters. The van der Waals surface area contributed by atoms with E-state index >= 15 is 0 Å². The van der Waals surface area contributed by atoms with Crippen LogP contribution >= 0.6 is 11.3 Å². The van der Waals surface area contributed by atoms with Crippen molar-refractivity contribution in [3.63, 3.8) is 0 Å². The van der Waals surface area contributed by atoms with Gasteiger partial charge in [0.25, 0.3) is 0 Å². The lowest BCUT2D eigenvalue weighted by Gasteiger charge is -2.02. The quantitative estimate of drug-likeness (QED) is 0.811. The van der Waals surface area contributed by atoms with Gasteiger partial charge >= 0.3 is 0 Å². The van der Waals surface area contributed by atoms with Crippen molar-refractivity contribution >= 4 is 17.6 Å². The third-order valence-corrected chi connectivity index (χ3v) is 3.56. The summed E-state index contributed by atoms with van der Waals surface area (Å²) in [5.41, 5.74) is 1.87. The van der Waals surface area contributed by atoms with Crippen LogP contribution in [0.4, 0.5) is 0 Å². The van der Waals surface area contributed by atoms with Gasteiger partial charge in [-0.3, -0.25) is 4.79 Å². The molecule has 2 aromatic rings. The molecule has 82 valence electrons. The molecule has 0 saturated carbocycles. The van der Waals surface area contributed by atoms with Crippen LogP contribution in [0.3, 0.4) is 0 Å². The highest BCUT2D eigenvalue weighted by Gasteiger charge is 2.12. The monoisotopic (exact) mass is 233 g/mol. The highest BCUT2D eigenvalue weighted by Crippen LogP contribution is 2.34. The fourth-order valence-electron chi connectivity index (χ4n) is 1.42. The fraction of sp³-hybridized carbons (Fsp3) is 0.167. The van der Waals surface area contributed by atoms with Crippen molar-refractivity contribution in [3.05, 3.63) is 34.3 Å². The largest absolute Gasteiger partial charge is 0.506 e. The molecule has 0 aliphatic rings. The molecule has 0 spiro atoms. The first-order valence-electron chi connectivity index (χ1n) is 4.85. The van der Waals surface area contributed by atoms with Crippen LogP contribution < -0.4 is 0 Å². The van der Waals surface area contributed by atoms with Crippen LogP contribution in [0.5, 0.6) is 5.75 Å². The Hall–Kier alpha value is -1.68. The molecule has 3 nitrogen and oxygen atoms in total. The first-order chi connectivity index (χ1) is 7.63. The van der Waals surface area contributed by atoms with Gasteiger partial charge in [0.1, 0.15) is 10.8 Å². The minimum absolute atomic E-state index is 0.00579. The average molecular weight is 233 g/mol. The van der Waals surface area contributed by atoms with Crippen LogP contribution in [-0.4, -0.2) is 16.4 Å². The Bertz CT molecular complexity index is 526. The number of aldehydes is 1. The number of para-hydroxylation sites is 1. The summed E-state index contributed by atoms with van der Waals surface area (Å²) >= 11 is 1.51. The number of benzene rings is 1. The van der Waals surface area contributed by atoms with Crippen molar-refractivity contribution in [2.24, 2.45) is 0 Å². The predicted molar refractivity (Wildman–Crippen MR) is 64.1 cm³/mol. The van der Waals surface area contributed by atoms with E-state index in [0.29, 0.717) is 17.4 Å². The average Bonchev–Trinajstić information content (AvgIpc) is 2.59. The van der Waals surface area contributed by atoms with E-state index in [0.717, 1.165) is 15.6 Å². The van der Waals surface area contributed by atoms with Gasteiger partial charge in [-0.15, -0.1) is 11.3 Å². The maximum Gasteiger partial charge on any atom is 0.153 e. The SMILES string of the molecule is Cc1nc(-c2cccc(C=O)c2O)sc1C. The first-order valence-corrected chi connectivity index (χ1v) is 5.66. The minimum Gasteiger partial charge on any atom is -0.506 e. The van der Waals surface area contributed by atoms with E-state index in [1.807, 2.05) is 13.8 Å². The highest BCUT2D eigenvalue weighted by atomic mass is 32.1. The van der Waals surface area contributed by atoms with Crippen LogP contribution in [0, 0.1) is 13.8 Å². The number of phenolic OH excluding ortho intramolecular Hbond substituents is 1. The number of nitrogens with zero attached hydrogens (tertiary/aromatic N) is 1. The molecular weight excluding hydrogens is 222 g/mol. The second-order valence-corrected chi connectivity index (χ2v) is 4.73. The highest BCUT2D eigenvalue weighted by molar-refractivity contribution is 7.15. The van der Waals surface area contributed by atoms with E-state index in [1.165, 1.54) is 11.3 Å². The first kappa shape index (κ1) is 10.8. The summed E-state index contributed by atoms with van der Waals surface area (Å²) in [7, 11) is 0. The van der Waals surface area contributed by atoms with Crippen LogP contribution in [0.1, 0.15) is 20.9 Å². The molecule has 1 heterocycles. The van der Waals surface area contributed by atoms with Crippen molar-refractivity contribution in [1.82, 2.24) is 4.98 Å².